The van der Waals surface area contributed by atoms with Gasteiger partial charge in [-0.05, 0) is 38.5 Å². The fourth-order valence-electron chi connectivity index (χ4n) is 4.08. The Morgan fingerprint density at radius 3 is 2.33 bits per heavy atom. The molecule has 0 bridgehead atoms. The Balaban J connectivity index is 1.82. The van der Waals surface area contributed by atoms with Crippen molar-refractivity contribution in [1.82, 2.24) is 14.5 Å². The van der Waals surface area contributed by atoms with Crippen LogP contribution in [0.5, 0.6) is 0 Å². The van der Waals surface area contributed by atoms with Crippen LogP contribution in [0.2, 0.25) is 0 Å². The number of sulfonamides is 1. The fourth-order valence-corrected chi connectivity index (χ4v) is 5.36. The van der Waals surface area contributed by atoms with Crippen molar-refractivity contribution in [2.24, 2.45) is 10.4 Å². The monoisotopic (exact) mass is 402 g/mol. The minimum Gasteiger partial charge on any atom is -0.378 e. The van der Waals surface area contributed by atoms with Crippen molar-refractivity contribution in [3.8, 4) is 0 Å². The van der Waals surface area contributed by atoms with E-state index in [9.17, 15) is 8.42 Å². The summed E-state index contributed by atoms with van der Waals surface area (Å²) in [6.07, 6.45) is 6.48. The van der Waals surface area contributed by atoms with Gasteiger partial charge in [-0.15, -0.1) is 0 Å². The van der Waals surface area contributed by atoms with E-state index in [4.69, 9.17) is 4.74 Å². The standard InChI is InChI=1S/C19H38N4O3S/c1-5-19(8-6-7-9-19)16-21-18(20-4)22-10-12-23(13-11-22)27(24,25)15-14-26-17(2)3/h17H,5-16H2,1-4H3,(H,20,21). The maximum Gasteiger partial charge on any atom is 0.216 e. The van der Waals surface area contributed by atoms with Gasteiger partial charge in [-0.3, -0.25) is 4.99 Å². The summed E-state index contributed by atoms with van der Waals surface area (Å²) in [5, 5.41) is 3.56. The summed E-state index contributed by atoms with van der Waals surface area (Å²) in [5.74, 6) is 0.951. The van der Waals surface area contributed by atoms with Crippen molar-refractivity contribution >= 4 is 16.0 Å². The van der Waals surface area contributed by atoms with Gasteiger partial charge in [0.05, 0.1) is 18.5 Å². The molecule has 0 aromatic carbocycles. The molecule has 1 saturated carbocycles. The molecule has 0 aromatic rings. The van der Waals surface area contributed by atoms with E-state index in [2.05, 4.69) is 22.1 Å². The zero-order valence-corrected chi connectivity index (χ0v) is 18.4. The summed E-state index contributed by atoms with van der Waals surface area (Å²) in [5.41, 5.74) is 0.400. The summed E-state index contributed by atoms with van der Waals surface area (Å²) in [7, 11) is -1.45. The van der Waals surface area contributed by atoms with Crippen molar-refractivity contribution in [2.45, 2.75) is 59.0 Å². The van der Waals surface area contributed by atoms with E-state index in [1.165, 1.54) is 32.1 Å². The predicted octanol–water partition coefficient (Wildman–Crippen LogP) is 1.90. The quantitative estimate of drug-likeness (QED) is 0.496. The van der Waals surface area contributed by atoms with E-state index >= 15 is 0 Å². The lowest BCUT2D eigenvalue weighted by atomic mass is 9.83. The molecule has 8 heteroatoms. The zero-order valence-electron chi connectivity index (χ0n) is 17.5. The van der Waals surface area contributed by atoms with Gasteiger partial charge in [-0.2, -0.15) is 4.31 Å². The smallest absolute Gasteiger partial charge is 0.216 e. The molecule has 1 N–H and O–H groups in total. The highest BCUT2D eigenvalue weighted by molar-refractivity contribution is 7.89. The molecular formula is C19H38N4O3S. The third-order valence-corrected chi connectivity index (χ3v) is 7.81. The molecule has 0 radical (unpaired) electrons. The molecule has 0 amide bonds. The van der Waals surface area contributed by atoms with Crippen molar-refractivity contribution < 1.29 is 13.2 Å². The number of ether oxygens (including phenoxy) is 1. The number of aliphatic imine (C=N–C) groups is 1. The van der Waals surface area contributed by atoms with Gasteiger partial charge in [-0.1, -0.05) is 19.8 Å². The minimum atomic E-state index is -3.25. The summed E-state index contributed by atoms with van der Waals surface area (Å²) in [6.45, 7) is 9.67. The predicted molar refractivity (Wildman–Crippen MR) is 111 cm³/mol. The van der Waals surface area contributed by atoms with Gasteiger partial charge >= 0.3 is 0 Å². The first-order valence-corrected chi connectivity index (χ1v) is 12.0. The van der Waals surface area contributed by atoms with Crippen molar-refractivity contribution in [1.29, 1.82) is 0 Å². The zero-order chi connectivity index (χ0) is 19.9. The van der Waals surface area contributed by atoms with Gasteiger partial charge in [0, 0.05) is 39.8 Å². The van der Waals surface area contributed by atoms with E-state index < -0.39 is 10.0 Å². The van der Waals surface area contributed by atoms with Crippen LogP contribution in [0.25, 0.3) is 0 Å². The molecule has 2 aliphatic rings. The van der Waals surface area contributed by atoms with Crippen LogP contribution >= 0.6 is 0 Å². The van der Waals surface area contributed by atoms with E-state index in [-0.39, 0.29) is 18.5 Å². The van der Waals surface area contributed by atoms with Crippen LogP contribution in [0.4, 0.5) is 0 Å². The highest BCUT2D eigenvalue weighted by Crippen LogP contribution is 2.40. The number of nitrogens with zero attached hydrogens (tertiary/aromatic N) is 3. The molecule has 1 saturated heterocycles. The Bertz CT molecular complexity index is 578. The van der Waals surface area contributed by atoms with Gasteiger partial charge in [0.2, 0.25) is 10.0 Å². The molecule has 158 valence electrons. The van der Waals surface area contributed by atoms with Gasteiger partial charge in [-0.25, -0.2) is 8.42 Å². The van der Waals surface area contributed by atoms with E-state index in [1.54, 1.807) is 4.31 Å². The third-order valence-electron chi connectivity index (χ3n) is 5.97. The molecular weight excluding hydrogens is 364 g/mol. The lowest BCUT2D eigenvalue weighted by Crippen LogP contribution is -2.55. The molecule has 1 aliphatic heterocycles. The van der Waals surface area contributed by atoms with E-state index in [0.29, 0.717) is 31.6 Å². The largest absolute Gasteiger partial charge is 0.378 e. The summed E-state index contributed by atoms with van der Waals surface area (Å²) in [6, 6.07) is 0. The summed E-state index contributed by atoms with van der Waals surface area (Å²) >= 11 is 0. The van der Waals surface area contributed by atoms with E-state index in [1.807, 2.05) is 20.9 Å². The summed E-state index contributed by atoms with van der Waals surface area (Å²) in [4.78, 5) is 6.61. The topological polar surface area (TPSA) is 74.2 Å². The van der Waals surface area contributed by atoms with Gasteiger partial charge in [0.15, 0.2) is 5.96 Å². The SMILES string of the molecule is CCC1(CNC(=NC)N2CCN(S(=O)(=O)CCOC(C)C)CC2)CCCC1. The van der Waals surface area contributed by atoms with Gasteiger partial charge in [0.25, 0.3) is 0 Å². The second-order valence-corrected chi connectivity index (χ2v) is 10.2. The Morgan fingerprint density at radius 2 is 1.81 bits per heavy atom. The average Bonchev–Trinajstić information content (AvgIpc) is 3.11. The second-order valence-electron chi connectivity index (χ2n) is 8.08. The second kappa shape index (κ2) is 10.1. The molecule has 27 heavy (non-hydrogen) atoms. The Kier molecular flexibility index (Phi) is 8.37. The number of piperazine rings is 1. The van der Waals surface area contributed by atoms with Crippen LogP contribution in [0.3, 0.4) is 0 Å². The number of hydrogen-bond donors (Lipinski definition) is 1. The normalized spacial score (nSPS) is 21.8. The highest BCUT2D eigenvalue weighted by Gasteiger charge is 2.33. The molecule has 2 rings (SSSR count). The number of nitrogens with one attached hydrogen (secondary N) is 1. The Hall–Kier alpha value is -0.860. The first-order valence-electron chi connectivity index (χ1n) is 10.4. The fraction of sp³-hybridized carbons (Fsp3) is 0.947. The van der Waals surface area contributed by atoms with Gasteiger partial charge < -0.3 is 15.0 Å². The van der Waals surface area contributed by atoms with Gasteiger partial charge in [0.1, 0.15) is 0 Å². The molecule has 0 aromatic heterocycles. The molecule has 0 unspecified atom stereocenters. The molecule has 2 fully saturated rings. The van der Waals surface area contributed by atoms with Crippen molar-refractivity contribution in [3.63, 3.8) is 0 Å². The van der Waals surface area contributed by atoms with Crippen LogP contribution in [0.15, 0.2) is 4.99 Å². The number of rotatable bonds is 8. The average molecular weight is 403 g/mol. The maximum absolute atomic E-state index is 12.5. The Labute approximate surface area is 165 Å². The van der Waals surface area contributed by atoms with E-state index in [0.717, 1.165) is 12.5 Å². The molecule has 0 spiro atoms. The number of guanidine groups is 1. The maximum atomic E-state index is 12.5. The third kappa shape index (κ3) is 6.32. The van der Waals surface area contributed by atoms with Crippen molar-refractivity contribution in [2.75, 3.05) is 52.1 Å². The number of hydrogen-bond acceptors (Lipinski definition) is 4. The first-order chi connectivity index (χ1) is 12.8. The molecule has 1 aliphatic carbocycles. The minimum absolute atomic E-state index is 0.0528. The van der Waals surface area contributed by atoms with Crippen molar-refractivity contribution in [3.05, 3.63) is 0 Å². The lowest BCUT2D eigenvalue weighted by molar-refractivity contribution is 0.0904. The highest BCUT2D eigenvalue weighted by atomic mass is 32.2. The van der Waals surface area contributed by atoms with Crippen LogP contribution in [-0.4, -0.2) is 81.8 Å². The summed E-state index contributed by atoms with van der Waals surface area (Å²) < 4.78 is 31.9. The molecule has 1 heterocycles. The molecule has 0 atom stereocenters. The van der Waals surface area contributed by atoms with Crippen LogP contribution in [-0.2, 0) is 14.8 Å². The van der Waals surface area contributed by atoms with Crippen LogP contribution in [0.1, 0.15) is 52.9 Å². The molecule has 7 nitrogen and oxygen atoms in total. The Morgan fingerprint density at radius 1 is 1.19 bits per heavy atom. The first kappa shape index (κ1) is 22.4. The van der Waals surface area contributed by atoms with Crippen LogP contribution in [0, 0.1) is 5.41 Å². The lowest BCUT2D eigenvalue weighted by Gasteiger charge is -2.37. The van der Waals surface area contributed by atoms with Crippen LogP contribution < -0.4 is 5.32 Å².